The average Bonchev–Trinajstić information content (AvgIpc) is 2.71. The summed E-state index contributed by atoms with van der Waals surface area (Å²) >= 11 is 1.40. The summed E-state index contributed by atoms with van der Waals surface area (Å²) in [4.78, 5) is 69.9. The molecule has 0 saturated heterocycles. The van der Waals surface area contributed by atoms with Gasteiger partial charge in [0.2, 0.25) is 23.6 Å². The molecule has 4 amide bonds. The Hall–Kier alpha value is -2.87. The molecule has 0 aromatic carbocycles. The lowest BCUT2D eigenvalue weighted by molar-refractivity contribution is -0.142. The molecule has 0 heterocycles. The van der Waals surface area contributed by atoms with E-state index in [0.29, 0.717) is 5.75 Å². The number of nitrogens with one attached hydrogen (secondary N) is 3. The first-order valence-electron chi connectivity index (χ1n) is 9.77. The zero-order valence-electron chi connectivity index (χ0n) is 18.0. The fourth-order valence-corrected chi connectivity index (χ4v) is 2.88. The largest absolute Gasteiger partial charge is 0.481 e. The Labute approximate surface area is 189 Å². The third-order valence-corrected chi connectivity index (χ3v) is 4.94. The molecular formula is C18H31N5O8S. The first-order chi connectivity index (χ1) is 14.9. The number of carboxylic acids is 2. The van der Waals surface area contributed by atoms with Crippen molar-refractivity contribution in [2.24, 2.45) is 11.5 Å². The highest BCUT2D eigenvalue weighted by molar-refractivity contribution is 7.98. The van der Waals surface area contributed by atoms with E-state index in [4.69, 9.17) is 16.6 Å². The molecule has 0 aliphatic rings. The van der Waals surface area contributed by atoms with Crippen molar-refractivity contribution in [3.05, 3.63) is 0 Å². The minimum atomic E-state index is -1.37. The lowest BCUT2D eigenvalue weighted by atomic mass is 10.1. The first kappa shape index (κ1) is 29.1. The molecule has 0 aromatic rings. The SMILES string of the molecule is CSCCC(NC(=O)C(C)NC(=O)C(N)CCC(=O)O)C(=O)NC(CCC(N)=O)C(=O)O. The van der Waals surface area contributed by atoms with Crippen molar-refractivity contribution in [1.29, 1.82) is 0 Å². The Kier molecular flexibility index (Phi) is 13.7. The molecule has 0 aliphatic heterocycles. The molecule has 0 radical (unpaired) electrons. The number of hydrogen-bond donors (Lipinski definition) is 7. The molecule has 0 aromatic heterocycles. The predicted molar refractivity (Wildman–Crippen MR) is 115 cm³/mol. The molecule has 0 fully saturated rings. The zero-order valence-corrected chi connectivity index (χ0v) is 18.8. The number of nitrogens with two attached hydrogens (primary N) is 2. The fraction of sp³-hybridized carbons (Fsp3) is 0.667. The number of carbonyl (C=O) groups is 6. The van der Waals surface area contributed by atoms with Crippen molar-refractivity contribution in [3.8, 4) is 0 Å². The van der Waals surface area contributed by atoms with Crippen molar-refractivity contribution >= 4 is 47.3 Å². The molecule has 4 unspecified atom stereocenters. The Morgan fingerprint density at radius 2 is 1.44 bits per heavy atom. The van der Waals surface area contributed by atoms with E-state index in [9.17, 15) is 33.9 Å². The van der Waals surface area contributed by atoms with Gasteiger partial charge in [0.25, 0.3) is 0 Å². The third kappa shape index (κ3) is 12.1. The van der Waals surface area contributed by atoms with Crippen LogP contribution in [-0.4, -0.2) is 82.0 Å². The van der Waals surface area contributed by atoms with E-state index in [0.717, 1.165) is 0 Å². The van der Waals surface area contributed by atoms with Gasteiger partial charge in [0.1, 0.15) is 18.1 Å². The zero-order chi connectivity index (χ0) is 24.8. The van der Waals surface area contributed by atoms with Gasteiger partial charge in [-0.25, -0.2) is 4.79 Å². The number of primary amides is 1. The maximum Gasteiger partial charge on any atom is 0.326 e. The minimum Gasteiger partial charge on any atom is -0.481 e. The van der Waals surface area contributed by atoms with Crippen LogP contribution in [0.1, 0.15) is 39.0 Å². The van der Waals surface area contributed by atoms with Crippen molar-refractivity contribution in [1.82, 2.24) is 16.0 Å². The second-order valence-electron chi connectivity index (χ2n) is 7.02. The highest BCUT2D eigenvalue weighted by atomic mass is 32.2. The molecule has 0 bridgehead atoms. The average molecular weight is 478 g/mol. The van der Waals surface area contributed by atoms with Gasteiger partial charge in [-0.15, -0.1) is 0 Å². The summed E-state index contributed by atoms with van der Waals surface area (Å²) < 4.78 is 0. The van der Waals surface area contributed by atoms with E-state index in [1.807, 2.05) is 0 Å². The summed E-state index contributed by atoms with van der Waals surface area (Å²) in [5.41, 5.74) is 10.6. The molecule has 182 valence electrons. The molecule has 9 N–H and O–H groups in total. The highest BCUT2D eigenvalue weighted by Gasteiger charge is 2.28. The monoisotopic (exact) mass is 477 g/mol. The molecule has 13 nitrogen and oxygen atoms in total. The van der Waals surface area contributed by atoms with Gasteiger partial charge in [0.05, 0.1) is 6.04 Å². The first-order valence-corrected chi connectivity index (χ1v) is 11.2. The van der Waals surface area contributed by atoms with Gasteiger partial charge in [-0.2, -0.15) is 11.8 Å². The quantitative estimate of drug-likeness (QED) is 0.126. The Bertz CT molecular complexity index is 705. The number of hydrogen-bond acceptors (Lipinski definition) is 8. The lowest BCUT2D eigenvalue weighted by Crippen LogP contribution is -2.56. The van der Waals surface area contributed by atoms with Crippen LogP contribution in [-0.2, 0) is 28.8 Å². The van der Waals surface area contributed by atoms with Gasteiger partial charge in [0, 0.05) is 12.8 Å². The van der Waals surface area contributed by atoms with Gasteiger partial charge >= 0.3 is 11.9 Å². The number of rotatable bonds is 16. The second kappa shape index (κ2) is 15.0. The van der Waals surface area contributed by atoms with Crippen LogP contribution in [0.25, 0.3) is 0 Å². The number of amides is 4. The van der Waals surface area contributed by atoms with Gasteiger partial charge in [-0.1, -0.05) is 0 Å². The third-order valence-electron chi connectivity index (χ3n) is 4.30. The Morgan fingerprint density at radius 1 is 0.844 bits per heavy atom. The van der Waals surface area contributed by atoms with Crippen LogP contribution < -0.4 is 27.4 Å². The van der Waals surface area contributed by atoms with Crippen molar-refractivity contribution in [2.75, 3.05) is 12.0 Å². The fourth-order valence-electron chi connectivity index (χ4n) is 2.41. The Morgan fingerprint density at radius 3 is 1.94 bits per heavy atom. The summed E-state index contributed by atoms with van der Waals surface area (Å²) in [6.45, 7) is 1.35. The highest BCUT2D eigenvalue weighted by Crippen LogP contribution is 2.05. The van der Waals surface area contributed by atoms with E-state index in [-0.39, 0.29) is 32.1 Å². The number of thioether (sulfide) groups is 1. The van der Waals surface area contributed by atoms with Gasteiger partial charge < -0.3 is 37.6 Å². The van der Waals surface area contributed by atoms with Gasteiger partial charge in [-0.3, -0.25) is 24.0 Å². The molecule has 0 aliphatic carbocycles. The molecule has 32 heavy (non-hydrogen) atoms. The predicted octanol–water partition coefficient (Wildman–Crippen LogP) is -2.24. The van der Waals surface area contributed by atoms with Crippen molar-refractivity contribution in [2.45, 2.75) is 63.2 Å². The lowest BCUT2D eigenvalue weighted by Gasteiger charge is -2.23. The summed E-state index contributed by atoms with van der Waals surface area (Å²) in [6.07, 6.45) is 1.08. The number of carboxylic acid groups (broad SMARTS) is 2. The van der Waals surface area contributed by atoms with Crippen LogP contribution >= 0.6 is 11.8 Å². The standard InChI is InChI=1S/C18H31N5O8S/c1-9(21-16(28)10(19)3-6-14(25)26)15(27)22-11(7-8-32-2)17(29)23-12(18(30)31)4-5-13(20)24/h9-12H,3-8,19H2,1-2H3,(H2,20,24)(H,21,28)(H,22,27)(H,23,29)(H,25,26)(H,30,31). The van der Waals surface area contributed by atoms with Crippen molar-refractivity contribution in [3.63, 3.8) is 0 Å². The maximum absolute atomic E-state index is 12.6. The van der Waals surface area contributed by atoms with Crippen molar-refractivity contribution < 1.29 is 39.0 Å². The summed E-state index contributed by atoms with van der Waals surface area (Å²) in [6, 6.07) is -4.68. The van der Waals surface area contributed by atoms with E-state index in [1.165, 1.54) is 18.7 Å². The number of aliphatic carboxylic acids is 2. The topological polar surface area (TPSA) is 231 Å². The molecule has 0 spiro atoms. The van der Waals surface area contributed by atoms with Crippen LogP contribution in [0.4, 0.5) is 0 Å². The van der Waals surface area contributed by atoms with Crippen LogP contribution in [0.3, 0.4) is 0 Å². The molecule has 4 atom stereocenters. The van der Waals surface area contributed by atoms with Crippen LogP contribution in [0, 0.1) is 0 Å². The summed E-state index contributed by atoms with van der Waals surface area (Å²) in [7, 11) is 0. The summed E-state index contributed by atoms with van der Waals surface area (Å²) in [5, 5.41) is 25.0. The van der Waals surface area contributed by atoms with Crippen LogP contribution in [0.5, 0.6) is 0 Å². The molecule has 14 heteroatoms. The van der Waals surface area contributed by atoms with E-state index >= 15 is 0 Å². The van der Waals surface area contributed by atoms with E-state index in [2.05, 4.69) is 16.0 Å². The van der Waals surface area contributed by atoms with Crippen LogP contribution in [0.15, 0.2) is 0 Å². The minimum absolute atomic E-state index is 0.115. The van der Waals surface area contributed by atoms with Gasteiger partial charge in [0.15, 0.2) is 0 Å². The maximum atomic E-state index is 12.6. The van der Waals surface area contributed by atoms with Gasteiger partial charge in [-0.05, 0) is 38.2 Å². The smallest absolute Gasteiger partial charge is 0.326 e. The Balaban J connectivity index is 5.04. The molecule has 0 rings (SSSR count). The normalized spacial score (nSPS) is 14.3. The molecule has 0 saturated carbocycles. The van der Waals surface area contributed by atoms with E-state index in [1.54, 1.807) is 6.26 Å². The summed E-state index contributed by atoms with van der Waals surface area (Å²) in [5.74, 6) is -4.92. The van der Waals surface area contributed by atoms with Crippen LogP contribution in [0.2, 0.25) is 0 Å². The second-order valence-corrected chi connectivity index (χ2v) is 8.00. The number of carbonyl (C=O) groups excluding carboxylic acids is 4. The van der Waals surface area contributed by atoms with E-state index < -0.39 is 59.7 Å². The molecular weight excluding hydrogens is 446 g/mol.